The van der Waals surface area contributed by atoms with Gasteiger partial charge in [-0.25, -0.2) is 9.67 Å². The Morgan fingerprint density at radius 1 is 1.03 bits per heavy atom. The third-order valence-electron chi connectivity index (χ3n) is 5.44. The minimum atomic E-state index is -0.0967. The molecule has 0 aliphatic carbocycles. The lowest BCUT2D eigenvalue weighted by atomic mass is 10.2. The zero-order valence-electron chi connectivity index (χ0n) is 17.8. The van der Waals surface area contributed by atoms with Gasteiger partial charge in [-0.05, 0) is 30.5 Å². The Morgan fingerprint density at radius 3 is 2.45 bits per heavy atom. The Hall–Kier alpha value is -2.93. The average Bonchev–Trinajstić information content (AvgIpc) is 2.98. The Labute approximate surface area is 186 Å². The van der Waals surface area contributed by atoms with E-state index in [0.29, 0.717) is 54.7 Å². The van der Waals surface area contributed by atoms with Gasteiger partial charge in [0.25, 0.3) is 11.8 Å². The van der Waals surface area contributed by atoms with E-state index in [9.17, 15) is 9.59 Å². The van der Waals surface area contributed by atoms with Gasteiger partial charge in [-0.15, -0.1) is 0 Å². The van der Waals surface area contributed by atoms with Gasteiger partial charge >= 0.3 is 0 Å². The van der Waals surface area contributed by atoms with Crippen molar-refractivity contribution < 1.29 is 9.59 Å². The fourth-order valence-corrected chi connectivity index (χ4v) is 4.10. The number of aromatic nitrogens is 3. The van der Waals surface area contributed by atoms with E-state index in [0.717, 1.165) is 17.6 Å². The molecule has 4 rings (SSSR count). The molecule has 8 heteroatoms. The van der Waals surface area contributed by atoms with Crippen molar-refractivity contribution in [3.05, 3.63) is 58.9 Å². The van der Waals surface area contributed by atoms with Crippen molar-refractivity contribution in [3.63, 3.8) is 0 Å². The molecule has 1 fully saturated rings. The monoisotopic (exact) mass is 439 g/mol. The lowest BCUT2D eigenvalue weighted by Gasteiger charge is -2.22. The molecule has 7 nitrogen and oxygen atoms in total. The van der Waals surface area contributed by atoms with Crippen LogP contribution in [0.25, 0.3) is 11.0 Å². The van der Waals surface area contributed by atoms with Crippen LogP contribution in [-0.4, -0.2) is 62.6 Å². The second kappa shape index (κ2) is 9.06. The van der Waals surface area contributed by atoms with Crippen LogP contribution in [0.2, 0.25) is 5.02 Å². The number of nitrogens with zero attached hydrogens (tertiary/aromatic N) is 5. The number of benzene rings is 1. The second-order valence-corrected chi connectivity index (χ2v) is 8.68. The first-order valence-corrected chi connectivity index (χ1v) is 11.0. The molecule has 2 amide bonds. The van der Waals surface area contributed by atoms with Gasteiger partial charge in [0, 0.05) is 44.3 Å². The van der Waals surface area contributed by atoms with Crippen LogP contribution in [0, 0.1) is 5.92 Å². The number of rotatable bonds is 4. The first-order chi connectivity index (χ1) is 14.9. The molecule has 0 spiro atoms. The Morgan fingerprint density at radius 2 is 1.74 bits per heavy atom. The predicted octanol–water partition coefficient (Wildman–Crippen LogP) is 3.73. The highest BCUT2D eigenvalue weighted by Gasteiger charge is 2.25. The van der Waals surface area contributed by atoms with Crippen molar-refractivity contribution in [2.45, 2.75) is 26.8 Å². The maximum atomic E-state index is 13.1. The van der Waals surface area contributed by atoms with E-state index >= 15 is 0 Å². The van der Waals surface area contributed by atoms with Crippen LogP contribution < -0.4 is 0 Å². The minimum Gasteiger partial charge on any atom is -0.337 e. The third kappa shape index (κ3) is 4.56. The number of halogens is 1. The van der Waals surface area contributed by atoms with Crippen LogP contribution in [0.15, 0.2) is 42.7 Å². The van der Waals surface area contributed by atoms with Gasteiger partial charge in [-0.2, -0.15) is 5.10 Å². The normalized spacial score (nSPS) is 14.8. The van der Waals surface area contributed by atoms with Gasteiger partial charge in [-0.3, -0.25) is 9.59 Å². The van der Waals surface area contributed by atoms with E-state index in [4.69, 9.17) is 11.6 Å². The van der Waals surface area contributed by atoms with Gasteiger partial charge in [0.05, 0.1) is 22.3 Å². The molecular weight excluding hydrogens is 414 g/mol. The van der Waals surface area contributed by atoms with E-state index in [1.807, 2.05) is 10.7 Å². The van der Waals surface area contributed by atoms with Crippen LogP contribution in [0.3, 0.4) is 0 Å². The van der Waals surface area contributed by atoms with Gasteiger partial charge in [0.15, 0.2) is 5.65 Å². The van der Waals surface area contributed by atoms with Gasteiger partial charge in [0.2, 0.25) is 0 Å². The molecule has 3 aromatic rings. The molecular formula is C23H26ClN5O2. The summed E-state index contributed by atoms with van der Waals surface area (Å²) in [6.07, 6.45) is 4.10. The number of carbonyl (C=O) groups excluding carboxylic acids is 2. The molecule has 1 saturated heterocycles. The van der Waals surface area contributed by atoms with E-state index in [1.165, 1.54) is 0 Å². The zero-order valence-corrected chi connectivity index (χ0v) is 18.5. The summed E-state index contributed by atoms with van der Waals surface area (Å²) in [5.74, 6) is 0.290. The highest BCUT2D eigenvalue weighted by atomic mass is 35.5. The first-order valence-electron chi connectivity index (χ1n) is 10.6. The summed E-state index contributed by atoms with van der Waals surface area (Å²) in [7, 11) is 0. The number of hydrogen-bond acceptors (Lipinski definition) is 4. The summed E-state index contributed by atoms with van der Waals surface area (Å²) in [5.41, 5.74) is 1.83. The van der Waals surface area contributed by atoms with Gasteiger partial charge < -0.3 is 9.80 Å². The van der Waals surface area contributed by atoms with E-state index in [2.05, 4.69) is 23.9 Å². The fourth-order valence-electron chi connectivity index (χ4n) is 3.88. The molecule has 0 bridgehead atoms. The van der Waals surface area contributed by atoms with Crippen LogP contribution in [-0.2, 0) is 6.54 Å². The summed E-state index contributed by atoms with van der Waals surface area (Å²) >= 11 is 6.19. The summed E-state index contributed by atoms with van der Waals surface area (Å²) < 4.78 is 1.87. The standard InChI is InChI=1S/C23H26ClN5O2/c1-16(2)15-29-21-17(14-26-29)12-18(13-25-21)22(30)27-8-5-9-28(11-10-27)23(31)19-6-3-4-7-20(19)24/h3-4,6-7,12-14,16H,5,8-11,15H2,1-2H3. The molecule has 162 valence electrons. The summed E-state index contributed by atoms with van der Waals surface area (Å²) in [6.45, 7) is 7.17. The molecule has 0 unspecified atom stereocenters. The number of amides is 2. The Bertz CT molecular complexity index is 1110. The minimum absolute atomic E-state index is 0.0712. The summed E-state index contributed by atoms with van der Waals surface area (Å²) in [6, 6.07) is 8.92. The molecule has 3 heterocycles. The molecule has 0 radical (unpaired) electrons. The second-order valence-electron chi connectivity index (χ2n) is 8.28. The van der Waals surface area contributed by atoms with E-state index < -0.39 is 0 Å². The van der Waals surface area contributed by atoms with Crippen LogP contribution in [0.5, 0.6) is 0 Å². The lowest BCUT2D eigenvalue weighted by molar-refractivity contribution is 0.0718. The van der Waals surface area contributed by atoms with Crippen LogP contribution >= 0.6 is 11.6 Å². The van der Waals surface area contributed by atoms with Crippen molar-refractivity contribution in [1.29, 1.82) is 0 Å². The quantitative estimate of drug-likeness (QED) is 0.621. The van der Waals surface area contributed by atoms with Crippen molar-refractivity contribution in [1.82, 2.24) is 24.6 Å². The topological polar surface area (TPSA) is 71.3 Å². The summed E-state index contributed by atoms with van der Waals surface area (Å²) in [5, 5.41) is 5.71. The Kier molecular flexibility index (Phi) is 6.23. The molecule has 0 N–H and O–H groups in total. The highest BCUT2D eigenvalue weighted by Crippen LogP contribution is 2.20. The summed E-state index contributed by atoms with van der Waals surface area (Å²) in [4.78, 5) is 34.0. The largest absolute Gasteiger partial charge is 0.337 e. The molecule has 1 aliphatic heterocycles. The predicted molar refractivity (Wildman–Crippen MR) is 120 cm³/mol. The lowest BCUT2D eigenvalue weighted by Crippen LogP contribution is -2.37. The number of pyridine rings is 1. The van der Waals surface area contributed by atoms with Crippen molar-refractivity contribution in [2.75, 3.05) is 26.2 Å². The van der Waals surface area contributed by atoms with Crippen molar-refractivity contribution in [2.24, 2.45) is 5.92 Å². The first kappa shape index (κ1) is 21.3. The number of hydrogen-bond donors (Lipinski definition) is 0. The zero-order chi connectivity index (χ0) is 22.0. The fraction of sp³-hybridized carbons (Fsp3) is 0.391. The molecule has 1 aliphatic rings. The van der Waals surface area contributed by atoms with Crippen LogP contribution in [0.4, 0.5) is 0 Å². The SMILES string of the molecule is CC(C)Cn1ncc2cc(C(=O)N3CCCN(C(=O)c4ccccc4Cl)CC3)cnc21. The molecule has 0 saturated carbocycles. The molecule has 0 atom stereocenters. The van der Waals surface area contributed by atoms with E-state index in [1.54, 1.807) is 46.5 Å². The average molecular weight is 440 g/mol. The number of fused-ring (bicyclic) bond motifs is 1. The maximum absolute atomic E-state index is 13.1. The molecule has 1 aromatic carbocycles. The Balaban J connectivity index is 1.46. The van der Waals surface area contributed by atoms with Crippen LogP contribution in [0.1, 0.15) is 41.0 Å². The van der Waals surface area contributed by atoms with Gasteiger partial charge in [0.1, 0.15) is 0 Å². The third-order valence-corrected chi connectivity index (χ3v) is 5.77. The molecule has 31 heavy (non-hydrogen) atoms. The smallest absolute Gasteiger partial charge is 0.255 e. The van der Waals surface area contributed by atoms with E-state index in [-0.39, 0.29) is 11.8 Å². The number of carbonyl (C=O) groups is 2. The molecule has 2 aromatic heterocycles. The van der Waals surface area contributed by atoms with Crippen molar-refractivity contribution >= 4 is 34.4 Å². The van der Waals surface area contributed by atoms with Crippen molar-refractivity contribution in [3.8, 4) is 0 Å². The maximum Gasteiger partial charge on any atom is 0.255 e. The highest BCUT2D eigenvalue weighted by molar-refractivity contribution is 6.33. The van der Waals surface area contributed by atoms with Gasteiger partial charge in [-0.1, -0.05) is 37.6 Å².